The second-order valence-corrected chi connectivity index (χ2v) is 7.31. The van der Waals surface area contributed by atoms with Crippen LogP contribution in [0.5, 0.6) is 11.5 Å². The van der Waals surface area contributed by atoms with Crippen LogP contribution in [-0.4, -0.2) is 38.1 Å². The maximum atomic E-state index is 12.8. The van der Waals surface area contributed by atoms with E-state index in [9.17, 15) is 10.1 Å². The van der Waals surface area contributed by atoms with Gasteiger partial charge in [0.05, 0.1) is 14.2 Å². The quantitative estimate of drug-likeness (QED) is 0.557. The molecular formula is C24H27N3O3. The number of likely N-dealkylation sites (tertiary alicyclic amines) is 1. The number of nitrogens with zero attached hydrogens (tertiary/aromatic N) is 2. The number of anilines is 1. The number of nitrogens with one attached hydrogen (secondary N) is 1. The molecule has 1 heterocycles. The summed E-state index contributed by atoms with van der Waals surface area (Å²) in [7, 11) is 3.13. The van der Waals surface area contributed by atoms with Crippen LogP contribution in [0.25, 0.3) is 0 Å². The predicted octanol–water partition coefficient (Wildman–Crippen LogP) is 4.00. The summed E-state index contributed by atoms with van der Waals surface area (Å²) in [6.07, 6.45) is 4.38. The van der Waals surface area contributed by atoms with Crippen molar-refractivity contribution in [2.45, 2.75) is 19.3 Å². The van der Waals surface area contributed by atoms with Crippen molar-refractivity contribution in [3.63, 3.8) is 0 Å². The van der Waals surface area contributed by atoms with Gasteiger partial charge < -0.3 is 19.7 Å². The van der Waals surface area contributed by atoms with Crippen LogP contribution in [0.3, 0.4) is 0 Å². The van der Waals surface area contributed by atoms with E-state index < -0.39 is 0 Å². The number of carbonyl (C=O) groups is 1. The van der Waals surface area contributed by atoms with E-state index in [0.29, 0.717) is 36.2 Å². The van der Waals surface area contributed by atoms with Gasteiger partial charge in [-0.2, -0.15) is 5.26 Å². The lowest BCUT2D eigenvalue weighted by atomic mass is 9.90. The molecule has 0 spiro atoms. The molecule has 3 rings (SSSR count). The van der Waals surface area contributed by atoms with Gasteiger partial charge in [0.2, 0.25) is 0 Å². The molecule has 30 heavy (non-hydrogen) atoms. The molecule has 1 aliphatic rings. The Kier molecular flexibility index (Phi) is 7.34. The zero-order chi connectivity index (χ0) is 21.3. The number of ether oxygens (including phenoxy) is 2. The van der Waals surface area contributed by atoms with Crippen LogP contribution >= 0.6 is 0 Å². The normalized spacial score (nSPS) is 14.7. The van der Waals surface area contributed by atoms with Gasteiger partial charge in [0.25, 0.3) is 5.91 Å². The summed E-state index contributed by atoms with van der Waals surface area (Å²) in [6, 6.07) is 17.8. The molecule has 0 aromatic heterocycles. The Morgan fingerprint density at radius 3 is 2.47 bits per heavy atom. The molecule has 0 atom stereocenters. The molecule has 2 aromatic rings. The van der Waals surface area contributed by atoms with Gasteiger partial charge in [-0.1, -0.05) is 30.3 Å². The second-order valence-electron chi connectivity index (χ2n) is 7.31. The highest BCUT2D eigenvalue weighted by Gasteiger charge is 2.25. The van der Waals surface area contributed by atoms with Crippen LogP contribution in [0.4, 0.5) is 5.69 Å². The largest absolute Gasteiger partial charge is 0.493 e. The molecule has 1 aliphatic heterocycles. The smallest absolute Gasteiger partial charge is 0.266 e. The zero-order valence-electron chi connectivity index (χ0n) is 17.4. The highest BCUT2D eigenvalue weighted by atomic mass is 16.5. The predicted molar refractivity (Wildman–Crippen MR) is 116 cm³/mol. The summed E-state index contributed by atoms with van der Waals surface area (Å²) in [6.45, 7) is 1.34. The number of methoxy groups -OCH3 is 2. The summed E-state index contributed by atoms with van der Waals surface area (Å²) < 4.78 is 10.5. The van der Waals surface area contributed by atoms with Crippen LogP contribution in [0, 0.1) is 17.2 Å². The summed E-state index contributed by atoms with van der Waals surface area (Å²) >= 11 is 0. The molecule has 2 aromatic carbocycles. The summed E-state index contributed by atoms with van der Waals surface area (Å²) in [5.41, 5.74) is 2.13. The molecule has 1 saturated heterocycles. The molecule has 1 amide bonds. The molecule has 6 nitrogen and oxygen atoms in total. The van der Waals surface area contributed by atoms with Crippen LogP contribution in [-0.2, 0) is 11.2 Å². The topological polar surface area (TPSA) is 74.6 Å². The second kappa shape index (κ2) is 10.4. The summed E-state index contributed by atoms with van der Waals surface area (Å²) in [4.78, 5) is 14.6. The molecule has 0 radical (unpaired) electrons. The standard InChI is InChI=1S/C24H27N3O3/c1-29-22-9-8-21(15-23(22)30-2)26-17-20(16-25)24(28)27-12-10-19(11-13-27)14-18-6-4-3-5-7-18/h3-9,15,17,19,26H,10-14H2,1-2H3/b20-17-. The summed E-state index contributed by atoms with van der Waals surface area (Å²) in [5.74, 6) is 1.52. The Labute approximate surface area is 177 Å². The average molecular weight is 405 g/mol. The fourth-order valence-corrected chi connectivity index (χ4v) is 3.68. The monoisotopic (exact) mass is 405 g/mol. The average Bonchev–Trinajstić information content (AvgIpc) is 2.80. The van der Waals surface area contributed by atoms with Gasteiger partial charge in [-0.3, -0.25) is 4.79 Å². The van der Waals surface area contributed by atoms with Crippen LogP contribution < -0.4 is 14.8 Å². The first-order valence-electron chi connectivity index (χ1n) is 10.1. The maximum Gasteiger partial charge on any atom is 0.266 e. The van der Waals surface area contributed by atoms with Gasteiger partial charge in [0.15, 0.2) is 11.5 Å². The molecule has 0 unspecified atom stereocenters. The van der Waals surface area contributed by atoms with Gasteiger partial charge in [-0.25, -0.2) is 0 Å². The van der Waals surface area contributed by atoms with E-state index >= 15 is 0 Å². The minimum absolute atomic E-state index is 0.0892. The lowest BCUT2D eigenvalue weighted by Gasteiger charge is -2.32. The number of carbonyl (C=O) groups excluding carboxylic acids is 1. The van der Waals surface area contributed by atoms with Crippen molar-refractivity contribution >= 4 is 11.6 Å². The number of hydrogen-bond donors (Lipinski definition) is 1. The lowest BCUT2D eigenvalue weighted by Crippen LogP contribution is -2.39. The number of nitriles is 1. The Morgan fingerprint density at radius 2 is 1.83 bits per heavy atom. The maximum absolute atomic E-state index is 12.8. The molecule has 0 aliphatic carbocycles. The number of benzene rings is 2. The van der Waals surface area contributed by atoms with E-state index in [1.165, 1.54) is 11.8 Å². The first kappa shape index (κ1) is 21.3. The number of piperidine rings is 1. The molecule has 156 valence electrons. The SMILES string of the molecule is COc1ccc(N/C=C(/C#N)C(=O)N2CCC(Cc3ccccc3)CC2)cc1OC. The Morgan fingerprint density at radius 1 is 1.13 bits per heavy atom. The van der Waals surface area contributed by atoms with Crippen molar-refractivity contribution in [1.82, 2.24) is 4.90 Å². The molecule has 1 fully saturated rings. The van der Waals surface area contributed by atoms with Gasteiger partial charge in [0.1, 0.15) is 11.6 Å². The highest BCUT2D eigenvalue weighted by Crippen LogP contribution is 2.30. The molecule has 0 saturated carbocycles. The van der Waals surface area contributed by atoms with E-state index in [2.05, 4.69) is 29.6 Å². The van der Waals surface area contributed by atoms with Crippen molar-refractivity contribution in [1.29, 1.82) is 5.26 Å². The van der Waals surface area contributed by atoms with Crippen molar-refractivity contribution < 1.29 is 14.3 Å². The zero-order valence-corrected chi connectivity index (χ0v) is 17.4. The molecule has 0 bridgehead atoms. The molecule has 6 heteroatoms. The number of rotatable bonds is 7. The van der Waals surface area contributed by atoms with E-state index in [1.54, 1.807) is 37.3 Å². The van der Waals surface area contributed by atoms with Crippen molar-refractivity contribution in [2.75, 3.05) is 32.6 Å². The first-order valence-corrected chi connectivity index (χ1v) is 10.1. The third kappa shape index (κ3) is 5.32. The number of hydrogen-bond acceptors (Lipinski definition) is 5. The van der Waals surface area contributed by atoms with Gasteiger partial charge in [-0.05, 0) is 42.9 Å². The van der Waals surface area contributed by atoms with E-state index in [4.69, 9.17) is 9.47 Å². The fourth-order valence-electron chi connectivity index (χ4n) is 3.68. The Hall–Kier alpha value is -3.46. The fraction of sp³-hybridized carbons (Fsp3) is 0.333. The first-order chi connectivity index (χ1) is 14.6. The van der Waals surface area contributed by atoms with Gasteiger partial charge in [0, 0.05) is 31.0 Å². The molecular weight excluding hydrogens is 378 g/mol. The van der Waals surface area contributed by atoms with Gasteiger partial charge in [-0.15, -0.1) is 0 Å². The third-order valence-electron chi connectivity index (χ3n) is 5.39. The van der Waals surface area contributed by atoms with Crippen molar-refractivity contribution in [3.8, 4) is 17.6 Å². The number of amides is 1. The van der Waals surface area contributed by atoms with Crippen LogP contribution in [0.1, 0.15) is 18.4 Å². The van der Waals surface area contributed by atoms with Crippen LogP contribution in [0.15, 0.2) is 60.3 Å². The van der Waals surface area contributed by atoms with Gasteiger partial charge >= 0.3 is 0 Å². The van der Waals surface area contributed by atoms with E-state index in [0.717, 1.165) is 19.3 Å². The summed E-state index contributed by atoms with van der Waals surface area (Å²) in [5, 5.41) is 12.5. The van der Waals surface area contributed by atoms with E-state index in [1.807, 2.05) is 12.1 Å². The van der Waals surface area contributed by atoms with Crippen molar-refractivity contribution in [3.05, 3.63) is 65.9 Å². The molecule has 1 N–H and O–H groups in total. The Bertz CT molecular complexity index is 926. The minimum Gasteiger partial charge on any atom is -0.493 e. The van der Waals surface area contributed by atoms with Crippen molar-refractivity contribution in [2.24, 2.45) is 5.92 Å². The highest BCUT2D eigenvalue weighted by molar-refractivity contribution is 5.97. The minimum atomic E-state index is -0.233. The Balaban J connectivity index is 1.58. The third-order valence-corrected chi connectivity index (χ3v) is 5.39. The lowest BCUT2D eigenvalue weighted by molar-refractivity contribution is -0.128. The van der Waals surface area contributed by atoms with Crippen LogP contribution in [0.2, 0.25) is 0 Å². The van der Waals surface area contributed by atoms with E-state index in [-0.39, 0.29) is 11.5 Å².